The number of aryl methyl sites for hydroxylation is 2. The zero-order valence-corrected chi connectivity index (χ0v) is 14.5. The Kier molecular flexibility index (Phi) is 5.61. The Bertz CT molecular complexity index is 968. The van der Waals surface area contributed by atoms with Gasteiger partial charge in [-0.2, -0.15) is 5.10 Å². The van der Waals surface area contributed by atoms with E-state index in [2.05, 4.69) is 15.5 Å². The number of amides is 2. The number of primary amides is 1. The lowest BCUT2D eigenvalue weighted by Gasteiger charge is -2.08. The minimum atomic E-state index is -0.541. The van der Waals surface area contributed by atoms with Crippen molar-refractivity contribution in [2.24, 2.45) is 5.73 Å². The molecule has 0 saturated heterocycles. The summed E-state index contributed by atoms with van der Waals surface area (Å²) in [5, 5.41) is 9.27. The molecule has 7 heteroatoms. The summed E-state index contributed by atoms with van der Waals surface area (Å²) in [5.41, 5.74) is 8.64. The predicted octanol–water partition coefficient (Wildman–Crippen LogP) is 2.61. The second kappa shape index (κ2) is 8.27. The number of anilines is 1. The van der Waals surface area contributed by atoms with Gasteiger partial charge in [0.2, 0.25) is 5.91 Å². The third-order valence-corrected chi connectivity index (χ3v) is 4.11. The van der Waals surface area contributed by atoms with Gasteiger partial charge in [-0.25, -0.2) is 4.39 Å². The van der Waals surface area contributed by atoms with Crippen LogP contribution < -0.4 is 11.1 Å². The van der Waals surface area contributed by atoms with Crippen LogP contribution in [0.3, 0.4) is 0 Å². The number of nitrogens with zero attached hydrogens (tertiary/aromatic N) is 1. The molecule has 0 unspecified atom stereocenters. The lowest BCUT2D eigenvalue weighted by molar-refractivity contribution is -0.115. The molecule has 4 N–H and O–H groups in total. The van der Waals surface area contributed by atoms with Crippen LogP contribution >= 0.6 is 0 Å². The highest BCUT2D eigenvalue weighted by Crippen LogP contribution is 2.15. The molecule has 0 fully saturated rings. The number of rotatable bonds is 7. The Morgan fingerprint density at radius 1 is 1.07 bits per heavy atom. The van der Waals surface area contributed by atoms with Crippen LogP contribution in [-0.4, -0.2) is 22.0 Å². The molecule has 138 valence electrons. The van der Waals surface area contributed by atoms with Gasteiger partial charge in [-0.15, -0.1) is 0 Å². The van der Waals surface area contributed by atoms with Gasteiger partial charge in [0.05, 0.1) is 12.6 Å². The van der Waals surface area contributed by atoms with Crippen molar-refractivity contribution in [2.45, 2.75) is 19.3 Å². The molecule has 6 nitrogen and oxygen atoms in total. The van der Waals surface area contributed by atoms with Crippen LogP contribution in [0.5, 0.6) is 0 Å². The number of halogens is 1. The molecular weight excluding hydrogens is 347 g/mol. The average molecular weight is 366 g/mol. The van der Waals surface area contributed by atoms with Gasteiger partial charge in [0, 0.05) is 11.3 Å². The lowest BCUT2D eigenvalue weighted by atomic mass is 10.0. The first kappa shape index (κ1) is 18.3. The summed E-state index contributed by atoms with van der Waals surface area (Å²) in [6, 6.07) is 13.4. The molecule has 3 aromatic rings. The largest absolute Gasteiger partial charge is 0.364 e. The van der Waals surface area contributed by atoms with Gasteiger partial charge in [0.15, 0.2) is 0 Å². The molecule has 2 amide bonds. The number of hydrogen-bond donors (Lipinski definition) is 3. The molecule has 0 aliphatic rings. The van der Waals surface area contributed by atoms with Crippen molar-refractivity contribution in [1.82, 2.24) is 10.2 Å². The third-order valence-electron chi connectivity index (χ3n) is 4.11. The van der Waals surface area contributed by atoms with Crippen molar-refractivity contribution in [3.8, 4) is 0 Å². The van der Waals surface area contributed by atoms with Crippen LogP contribution in [0.2, 0.25) is 0 Å². The van der Waals surface area contributed by atoms with Crippen molar-refractivity contribution in [2.75, 3.05) is 5.32 Å². The van der Waals surface area contributed by atoms with Gasteiger partial charge >= 0.3 is 0 Å². The third kappa shape index (κ3) is 5.01. The Balaban J connectivity index is 1.60. The zero-order chi connectivity index (χ0) is 19.2. The molecule has 3 rings (SSSR count). The molecule has 1 heterocycles. The van der Waals surface area contributed by atoms with E-state index in [4.69, 9.17) is 5.73 Å². The van der Waals surface area contributed by atoms with Crippen LogP contribution in [0, 0.1) is 5.82 Å². The van der Waals surface area contributed by atoms with Gasteiger partial charge in [0.25, 0.3) is 5.91 Å². The molecule has 1 aromatic heterocycles. The van der Waals surface area contributed by atoms with Gasteiger partial charge in [-0.3, -0.25) is 14.7 Å². The summed E-state index contributed by atoms with van der Waals surface area (Å²) in [7, 11) is 0. The SMILES string of the molecule is NC(=O)c1[nH]ncc1CCc1cccc(NC(=O)Cc2cccc(F)c2)c1. The highest BCUT2D eigenvalue weighted by Gasteiger charge is 2.11. The molecule has 0 aliphatic heterocycles. The van der Waals surface area contributed by atoms with E-state index in [1.807, 2.05) is 18.2 Å². The fourth-order valence-corrected chi connectivity index (χ4v) is 2.84. The Hall–Kier alpha value is -3.48. The number of nitrogens with one attached hydrogen (secondary N) is 2. The number of carbonyl (C=O) groups excluding carboxylic acids is 2. The maximum absolute atomic E-state index is 13.2. The van der Waals surface area contributed by atoms with Crippen molar-refractivity contribution in [1.29, 1.82) is 0 Å². The van der Waals surface area contributed by atoms with Crippen LogP contribution in [0.15, 0.2) is 54.7 Å². The van der Waals surface area contributed by atoms with Crippen LogP contribution in [-0.2, 0) is 24.1 Å². The number of aromatic nitrogens is 2. The van der Waals surface area contributed by atoms with E-state index < -0.39 is 5.91 Å². The van der Waals surface area contributed by atoms with Gasteiger partial charge < -0.3 is 11.1 Å². The molecule has 0 saturated carbocycles. The Morgan fingerprint density at radius 2 is 1.85 bits per heavy atom. The fourth-order valence-electron chi connectivity index (χ4n) is 2.84. The summed E-state index contributed by atoms with van der Waals surface area (Å²) >= 11 is 0. The quantitative estimate of drug-likeness (QED) is 0.599. The molecule has 27 heavy (non-hydrogen) atoms. The first-order valence-electron chi connectivity index (χ1n) is 8.46. The maximum atomic E-state index is 13.2. The number of nitrogens with two attached hydrogens (primary N) is 1. The summed E-state index contributed by atoms with van der Waals surface area (Å²) < 4.78 is 13.2. The number of aromatic amines is 1. The standard InChI is InChI=1S/C20H19FN4O2/c21-16-5-1-4-14(9-16)11-18(26)24-17-6-2-3-13(10-17)7-8-15-12-23-25-19(15)20(22)27/h1-6,9-10,12H,7-8,11H2,(H2,22,27)(H,23,25)(H,24,26). The van der Waals surface area contributed by atoms with Crippen LogP contribution in [0.4, 0.5) is 10.1 Å². The first-order chi connectivity index (χ1) is 13.0. The molecular formula is C20H19FN4O2. The van der Waals surface area contributed by atoms with E-state index in [9.17, 15) is 14.0 Å². The fraction of sp³-hybridized carbons (Fsp3) is 0.150. The minimum absolute atomic E-state index is 0.0962. The van der Waals surface area contributed by atoms with Gasteiger partial charge in [-0.1, -0.05) is 24.3 Å². The highest BCUT2D eigenvalue weighted by atomic mass is 19.1. The van der Waals surface area contributed by atoms with Gasteiger partial charge in [0.1, 0.15) is 11.5 Å². The zero-order valence-electron chi connectivity index (χ0n) is 14.5. The van der Waals surface area contributed by atoms with Crippen molar-refractivity contribution >= 4 is 17.5 Å². The second-order valence-electron chi connectivity index (χ2n) is 6.19. The number of H-pyrrole nitrogens is 1. The second-order valence-corrected chi connectivity index (χ2v) is 6.19. The number of carbonyl (C=O) groups is 2. The number of hydrogen-bond acceptors (Lipinski definition) is 3. The van der Waals surface area contributed by atoms with E-state index in [1.165, 1.54) is 12.1 Å². The van der Waals surface area contributed by atoms with E-state index in [0.29, 0.717) is 29.8 Å². The summed E-state index contributed by atoms with van der Waals surface area (Å²) in [5.74, 6) is -1.12. The van der Waals surface area contributed by atoms with E-state index >= 15 is 0 Å². The smallest absolute Gasteiger partial charge is 0.266 e. The molecule has 0 atom stereocenters. The Morgan fingerprint density at radius 3 is 2.63 bits per heavy atom. The first-order valence-corrected chi connectivity index (χ1v) is 8.46. The van der Waals surface area contributed by atoms with Crippen molar-refractivity contribution < 1.29 is 14.0 Å². The van der Waals surface area contributed by atoms with Crippen molar-refractivity contribution in [3.63, 3.8) is 0 Å². The lowest BCUT2D eigenvalue weighted by Crippen LogP contribution is -2.15. The van der Waals surface area contributed by atoms with Crippen LogP contribution in [0.25, 0.3) is 0 Å². The molecule has 0 radical (unpaired) electrons. The summed E-state index contributed by atoms with van der Waals surface area (Å²) in [6.07, 6.45) is 2.94. The topological polar surface area (TPSA) is 101 Å². The molecule has 0 aliphatic carbocycles. The highest BCUT2D eigenvalue weighted by molar-refractivity contribution is 5.92. The monoisotopic (exact) mass is 366 g/mol. The summed E-state index contributed by atoms with van der Waals surface area (Å²) in [6.45, 7) is 0. The van der Waals surface area contributed by atoms with E-state index in [1.54, 1.807) is 24.4 Å². The molecule has 0 spiro atoms. The normalized spacial score (nSPS) is 10.6. The van der Waals surface area contributed by atoms with E-state index in [0.717, 1.165) is 11.1 Å². The predicted molar refractivity (Wildman–Crippen MR) is 99.7 cm³/mol. The summed E-state index contributed by atoms with van der Waals surface area (Å²) in [4.78, 5) is 23.5. The van der Waals surface area contributed by atoms with E-state index in [-0.39, 0.29) is 18.1 Å². The number of benzene rings is 2. The molecule has 2 aromatic carbocycles. The minimum Gasteiger partial charge on any atom is -0.364 e. The van der Waals surface area contributed by atoms with Crippen molar-refractivity contribution in [3.05, 3.63) is 82.9 Å². The van der Waals surface area contributed by atoms with Gasteiger partial charge in [-0.05, 0) is 48.2 Å². The average Bonchev–Trinajstić information content (AvgIpc) is 3.09. The molecule has 0 bridgehead atoms. The van der Waals surface area contributed by atoms with Crippen LogP contribution in [0.1, 0.15) is 27.2 Å². The maximum Gasteiger partial charge on any atom is 0.266 e. The Labute approximate surface area is 155 Å².